The topological polar surface area (TPSA) is 27.0 Å². The summed E-state index contributed by atoms with van der Waals surface area (Å²) in [5.41, 5.74) is 1.97. The van der Waals surface area contributed by atoms with Crippen LogP contribution in [0, 0.1) is 17.2 Å². The van der Waals surface area contributed by atoms with Crippen LogP contribution in [0.25, 0.3) is 10.8 Å². The highest BCUT2D eigenvalue weighted by Crippen LogP contribution is 2.39. The van der Waals surface area contributed by atoms with Gasteiger partial charge in [-0.3, -0.25) is 0 Å². The molecule has 1 atom stereocenters. The van der Waals surface area contributed by atoms with Crippen molar-refractivity contribution in [1.82, 2.24) is 4.90 Å². The molecule has 0 spiro atoms. The third-order valence-electron chi connectivity index (χ3n) is 5.64. The van der Waals surface area contributed by atoms with Gasteiger partial charge in [0.25, 0.3) is 0 Å². The highest BCUT2D eigenvalue weighted by Gasteiger charge is 2.37. The average molecular weight is 357 g/mol. The zero-order valence-corrected chi connectivity index (χ0v) is 16.5. The molecule has 0 radical (unpaired) electrons. The first-order chi connectivity index (χ1) is 13.1. The van der Waals surface area contributed by atoms with E-state index in [0.29, 0.717) is 0 Å². The summed E-state index contributed by atoms with van der Waals surface area (Å²) in [6, 6.07) is 28.0. The largest absolute Gasteiger partial charge is 0.302 e. The molecule has 2 heteroatoms. The lowest BCUT2D eigenvalue weighted by Crippen LogP contribution is -2.35. The first kappa shape index (κ1) is 19.1. The van der Waals surface area contributed by atoms with Gasteiger partial charge in [-0.25, -0.2) is 0 Å². The maximum atomic E-state index is 10.3. The molecule has 2 nitrogen and oxygen atoms in total. The molecule has 0 heterocycles. The van der Waals surface area contributed by atoms with E-state index in [9.17, 15) is 5.26 Å². The number of hydrogen-bond acceptors (Lipinski definition) is 2. The van der Waals surface area contributed by atoms with Crippen molar-refractivity contribution in [2.45, 2.75) is 32.2 Å². The lowest BCUT2D eigenvalue weighted by Gasteiger charge is -2.34. The number of fused-ring (bicyclic) bond motifs is 1. The normalized spacial score (nSPS) is 13.6. The van der Waals surface area contributed by atoms with Gasteiger partial charge in [-0.15, -0.1) is 0 Å². The van der Waals surface area contributed by atoms with Gasteiger partial charge in [-0.1, -0.05) is 86.6 Å². The maximum Gasteiger partial charge on any atom is 0.0863 e. The van der Waals surface area contributed by atoms with Gasteiger partial charge in [0.05, 0.1) is 11.5 Å². The monoisotopic (exact) mass is 356 g/mol. The first-order valence-corrected chi connectivity index (χ1v) is 9.69. The molecule has 0 aliphatic carbocycles. The summed E-state index contributed by atoms with van der Waals surface area (Å²) < 4.78 is 0. The predicted molar refractivity (Wildman–Crippen MR) is 113 cm³/mol. The smallest absolute Gasteiger partial charge is 0.0863 e. The summed E-state index contributed by atoms with van der Waals surface area (Å²) in [5.74, 6) is 0.235. The fourth-order valence-corrected chi connectivity index (χ4v) is 3.94. The molecule has 0 saturated heterocycles. The van der Waals surface area contributed by atoms with Crippen LogP contribution in [-0.4, -0.2) is 18.5 Å². The van der Waals surface area contributed by atoms with E-state index in [2.05, 4.69) is 98.6 Å². The van der Waals surface area contributed by atoms with E-state index in [4.69, 9.17) is 0 Å². The van der Waals surface area contributed by atoms with Crippen LogP contribution >= 0.6 is 0 Å². The van der Waals surface area contributed by atoms with Crippen molar-refractivity contribution in [2.75, 3.05) is 13.6 Å². The van der Waals surface area contributed by atoms with Crippen molar-refractivity contribution < 1.29 is 0 Å². The lowest BCUT2D eigenvalue weighted by atomic mass is 9.69. The first-order valence-electron chi connectivity index (χ1n) is 9.69. The minimum atomic E-state index is -0.494. The average Bonchev–Trinajstić information content (AvgIpc) is 2.69. The number of hydrogen-bond donors (Lipinski definition) is 0. The minimum Gasteiger partial charge on any atom is -0.302 e. The zero-order valence-electron chi connectivity index (χ0n) is 16.5. The van der Waals surface area contributed by atoms with E-state index in [1.807, 2.05) is 6.07 Å². The third-order valence-corrected chi connectivity index (χ3v) is 5.64. The Kier molecular flexibility index (Phi) is 5.94. The van der Waals surface area contributed by atoms with Crippen molar-refractivity contribution in [3.05, 3.63) is 83.9 Å². The summed E-state index contributed by atoms with van der Waals surface area (Å²) in [6.45, 7) is 6.12. The fraction of sp³-hybridized carbons (Fsp3) is 0.320. The van der Waals surface area contributed by atoms with Gasteiger partial charge < -0.3 is 4.90 Å². The number of nitrogens with zero attached hydrogens (tertiary/aromatic N) is 2. The van der Waals surface area contributed by atoms with Crippen molar-refractivity contribution in [2.24, 2.45) is 5.92 Å². The van der Waals surface area contributed by atoms with Crippen molar-refractivity contribution >= 4 is 10.8 Å². The zero-order chi connectivity index (χ0) is 19.3. The molecule has 138 valence electrons. The van der Waals surface area contributed by atoms with Gasteiger partial charge >= 0.3 is 0 Å². The molecule has 3 aromatic carbocycles. The van der Waals surface area contributed by atoms with Gasteiger partial charge in [0.2, 0.25) is 0 Å². The second kappa shape index (κ2) is 8.37. The van der Waals surface area contributed by atoms with Crippen LogP contribution in [0.4, 0.5) is 0 Å². The van der Waals surface area contributed by atoms with E-state index in [1.54, 1.807) is 0 Å². The van der Waals surface area contributed by atoms with Gasteiger partial charge in [-0.05, 0) is 41.3 Å². The van der Waals surface area contributed by atoms with E-state index in [0.717, 1.165) is 25.1 Å². The molecule has 0 bridgehead atoms. The highest BCUT2D eigenvalue weighted by atomic mass is 15.1. The van der Waals surface area contributed by atoms with Crippen LogP contribution in [0.3, 0.4) is 0 Å². The van der Waals surface area contributed by atoms with Crippen LogP contribution in [0.15, 0.2) is 72.8 Å². The van der Waals surface area contributed by atoms with E-state index in [1.165, 1.54) is 16.3 Å². The van der Waals surface area contributed by atoms with E-state index >= 15 is 0 Å². The number of nitriles is 1. The summed E-state index contributed by atoms with van der Waals surface area (Å²) in [5, 5.41) is 12.7. The molecule has 0 N–H and O–H groups in total. The molecule has 0 aliphatic rings. The van der Waals surface area contributed by atoms with Crippen LogP contribution in [0.2, 0.25) is 0 Å². The van der Waals surface area contributed by atoms with Gasteiger partial charge in [0, 0.05) is 13.1 Å². The molecule has 27 heavy (non-hydrogen) atoms. The minimum absolute atomic E-state index is 0.235. The molecule has 0 aromatic heterocycles. The third kappa shape index (κ3) is 4.04. The summed E-state index contributed by atoms with van der Waals surface area (Å²) in [4.78, 5) is 2.31. The van der Waals surface area contributed by atoms with Gasteiger partial charge in [0.15, 0.2) is 0 Å². The molecule has 0 saturated carbocycles. The summed E-state index contributed by atoms with van der Waals surface area (Å²) in [7, 11) is 2.14. The summed E-state index contributed by atoms with van der Waals surface area (Å²) in [6.07, 6.45) is 0.818. The SMILES string of the molecule is CC(C)C(C#N)(CCN(C)Cc1ccccc1)c1cccc2ccccc12. The van der Waals surface area contributed by atoms with E-state index in [-0.39, 0.29) is 5.92 Å². The van der Waals surface area contributed by atoms with E-state index < -0.39 is 5.41 Å². The quantitative estimate of drug-likeness (QED) is 0.536. The Labute approximate surface area is 163 Å². The van der Waals surface area contributed by atoms with Crippen LogP contribution in [0.1, 0.15) is 31.4 Å². The summed E-state index contributed by atoms with van der Waals surface area (Å²) >= 11 is 0. The van der Waals surface area contributed by atoms with Crippen molar-refractivity contribution in [3.63, 3.8) is 0 Å². The Morgan fingerprint density at radius 1 is 0.926 bits per heavy atom. The Hall–Kier alpha value is -2.63. The van der Waals surface area contributed by atoms with Crippen LogP contribution in [0.5, 0.6) is 0 Å². The highest BCUT2D eigenvalue weighted by molar-refractivity contribution is 5.87. The predicted octanol–water partition coefficient (Wildman–Crippen LogP) is 5.78. The fourth-order valence-electron chi connectivity index (χ4n) is 3.94. The van der Waals surface area contributed by atoms with Crippen molar-refractivity contribution in [1.29, 1.82) is 5.26 Å². The van der Waals surface area contributed by atoms with Crippen molar-refractivity contribution in [3.8, 4) is 6.07 Å². The standard InChI is InChI=1S/C25H28N2/c1-20(2)25(19-26,16-17-27(3)18-21-10-5-4-6-11-21)24-15-9-13-22-12-7-8-14-23(22)24/h4-15,20H,16-18H2,1-3H3. The molecular formula is C25H28N2. The second-order valence-corrected chi connectivity index (χ2v) is 7.74. The van der Waals surface area contributed by atoms with Crippen LogP contribution < -0.4 is 0 Å². The molecule has 0 fully saturated rings. The molecule has 3 rings (SSSR count). The lowest BCUT2D eigenvalue weighted by molar-refractivity contribution is 0.267. The van der Waals surface area contributed by atoms with Crippen LogP contribution in [-0.2, 0) is 12.0 Å². The number of benzene rings is 3. The maximum absolute atomic E-state index is 10.3. The Balaban J connectivity index is 1.88. The number of rotatable bonds is 7. The molecule has 0 aliphatic heterocycles. The second-order valence-electron chi connectivity index (χ2n) is 7.74. The Morgan fingerprint density at radius 2 is 1.59 bits per heavy atom. The molecular weight excluding hydrogens is 328 g/mol. The van der Waals surface area contributed by atoms with Gasteiger partial charge in [0.1, 0.15) is 0 Å². The molecule has 3 aromatic rings. The molecule has 1 unspecified atom stereocenters. The Bertz CT molecular complexity index is 918. The van der Waals surface area contributed by atoms with Gasteiger partial charge in [-0.2, -0.15) is 5.26 Å². The Morgan fingerprint density at radius 3 is 2.30 bits per heavy atom. The molecule has 0 amide bonds.